The first-order valence-electron chi connectivity index (χ1n) is 25.8. The molecule has 78 heavy (non-hydrogen) atoms. The van der Waals surface area contributed by atoms with Gasteiger partial charge in [-0.15, -0.1) is 0 Å². The molecule has 0 spiro atoms. The highest BCUT2D eigenvalue weighted by Gasteiger charge is 2.24. The van der Waals surface area contributed by atoms with Crippen LogP contribution in [0.2, 0.25) is 0 Å². The highest BCUT2D eigenvalue weighted by atomic mass is 19.2. The molecule has 1 aliphatic heterocycles. The van der Waals surface area contributed by atoms with Gasteiger partial charge in [0.2, 0.25) is 23.3 Å². The summed E-state index contributed by atoms with van der Waals surface area (Å²) >= 11 is 0. The van der Waals surface area contributed by atoms with Gasteiger partial charge in [0.25, 0.3) is 11.7 Å². The molecule has 22 nitrogen and oxygen atoms in total. The van der Waals surface area contributed by atoms with E-state index in [4.69, 9.17) is 57.9 Å². The third-order valence-electron chi connectivity index (χ3n) is 10.5. The normalized spacial score (nSPS) is 12.2. The highest BCUT2D eigenvalue weighted by Crippen LogP contribution is 2.31. The van der Waals surface area contributed by atoms with Crippen LogP contribution >= 0.6 is 0 Å². The second-order valence-electron chi connectivity index (χ2n) is 16.6. The number of carbonyl (C=O) groups is 3. The Morgan fingerprint density at radius 1 is 0.654 bits per heavy atom. The Kier molecular flexibility index (Phi) is 32.8. The van der Waals surface area contributed by atoms with Crippen LogP contribution in [0.4, 0.5) is 29.1 Å². The smallest absolute Gasteiger partial charge is 0.313 e. The lowest BCUT2D eigenvalue weighted by atomic mass is 10.1. The summed E-state index contributed by atoms with van der Waals surface area (Å²) in [7, 11) is 0. The van der Waals surface area contributed by atoms with Gasteiger partial charge in [0.15, 0.2) is 11.6 Å². The van der Waals surface area contributed by atoms with E-state index in [1.165, 1.54) is 5.06 Å². The Bertz CT molecular complexity index is 2270. The maximum Gasteiger partial charge on any atom is 0.313 e. The molecule has 26 heteroatoms. The topological polar surface area (TPSA) is 255 Å². The van der Waals surface area contributed by atoms with E-state index in [0.29, 0.717) is 148 Å². The maximum absolute atomic E-state index is 13.6. The quantitative estimate of drug-likeness (QED) is 0.0179. The third-order valence-corrected chi connectivity index (χ3v) is 10.5. The van der Waals surface area contributed by atoms with E-state index in [-0.39, 0.29) is 63.8 Å². The number of nitrogens with one attached hydrogen (secondary N) is 3. The van der Waals surface area contributed by atoms with Crippen molar-refractivity contribution in [2.45, 2.75) is 39.5 Å². The van der Waals surface area contributed by atoms with E-state index >= 15 is 0 Å². The van der Waals surface area contributed by atoms with E-state index in [0.717, 1.165) is 23.4 Å². The summed E-state index contributed by atoms with van der Waals surface area (Å²) < 4.78 is 112. The molecular weight excluding hydrogens is 1040 g/mol. The zero-order valence-corrected chi connectivity index (χ0v) is 44.4. The monoisotopic (exact) mass is 1110 g/mol. The third kappa shape index (κ3) is 26.2. The second-order valence-corrected chi connectivity index (χ2v) is 16.6. The van der Waals surface area contributed by atoms with Gasteiger partial charge in [0, 0.05) is 48.9 Å². The van der Waals surface area contributed by atoms with Gasteiger partial charge in [0.05, 0.1) is 169 Å². The molecule has 1 aliphatic rings. The van der Waals surface area contributed by atoms with Gasteiger partial charge >= 0.3 is 5.97 Å². The molecule has 0 saturated carbocycles. The standard InChI is InChI=1S/C52H73F4N7O15/c1-3-11-63(77-4-2)52(66)39-32-43-44(62-45(57)34-39)33-40(37-61-43)38-5-8-58-46(35-38)59-9-10-60-47(64)6-12-67-14-16-69-18-20-71-22-24-73-26-28-75-30-31-76-29-27-74-25-23-72-21-19-70-17-15-68-13-7-48(65)78-51-49(55)41(53)36-42(54)50(51)56/h5,8,32-33,35-37H,3-4,6-7,9-31,34H2,1-2H3,(H2,57,62)(H,58,59)(H,60,64)/p+1. The van der Waals surface area contributed by atoms with Crippen molar-refractivity contribution in [2.75, 3.05) is 164 Å². The number of hydrogen-bond acceptors (Lipinski definition) is 19. The molecule has 2 amide bonds. The van der Waals surface area contributed by atoms with Crippen LogP contribution in [0.1, 0.15) is 45.2 Å². The van der Waals surface area contributed by atoms with Crippen LogP contribution in [0.3, 0.4) is 0 Å². The van der Waals surface area contributed by atoms with Crippen molar-refractivity contribution in [1.82, 2.24) is 15.4 Å². The minimum atomic E-state index is -1.80. The molecule has 0 aliphatic carbocycles. The van der Waals surface area contributed by atoms with E-state index in [2.05, 4.69) is 30.3 Å². The molecule has 0 radical (unpaired) electrons. The number of anilines is 1. The van der Waals surface area contributed by atoms with Gasteiger partial charge in [-0.1, -0.05) is 6.92 Å². The Morgan fingerprint density at radius 2 is 1.15 bits per heavy atom. The summed E-state index contributed by atoms with van der Waals surface area (Å²) in [6.07, 6.45) is 6.00. The van der Waals surface area contributed by atoms with Crippen molar-refractivity contribution >= 4 is 41.2 Å². The van der Waals surface area contributed by atoms with Gasteiger partial charge < -0.3 is 63.2 Å². The van der Waals surface area contributed by atoms with E-state index in [1.54, 1.807) is 18.5 Å². The number of nitrogens with zero attached hydrogens (tertiary/aromatic N) is 3. The molecule has 2 aromatic heterocycles. The molecule has 0 atom stereocenters. The number of rotatable bonds is 44. The SMILES string of the molecule is CCCN(OCC)C(=O)C1=Cc2ncc(-c3cc[nH+]c(NCCNC(=O)CCOCCOCCOCCOCCOCCOCCOCCOCCOCCOCCC(=O)Oc4c(F)c(F)cc(F)c4F)c3)cc2N=C(N)C1. The maximum atomic E-state index is 13.6. The predicted molar refractivity (Wildman–Crippen MR) is 275 cm³/mol. The fraction of sp³-hybridized carbons (Fsp3) is 0.577. The number of amidine groups is 1. The summed E-state index contributed by atoms with van der Waals surface area (Å²) in [5.74, 6) is -8.86. The van der Waals surface area contributed by atoms with Crippen molar-refractivity contribution in [2.24, 2.45) is 10.7 Å². The van der Waals surface area contributed by atoms with Crippen LogP contribution < -0.4 is 26.1 Å². The van der Waals surface area contributed by atoms with Crippen molar-refractivity contribution in [3.63, 3.8) is 0 Å². The molecule has 3 heterocycles. The van der Waals surface area contributed by atoms with Crippen LogP contribution in [-0.4, -0.2) is 192 Å². The largest absolute Gasteiger partial charge is 0.420 e. The average molecular weight is 1110 g/mol. The molecule has 0 saturated heterocycles. The number of H-pyrrole nitrogens is 1. The number of aromatic nitrogens is 2. The first-order valence-corrected chi connectivity index (χ1v) is 25.8. The van der Waals surface area contributed by atoms with Crippen LogP contribution in [0.5, 0.6) is 5.75 Å². The summed E-state index contributed by atoms with van der Waals surface area (Å²) in [5.41, 5.74) is 9.49. The summed E-state index contributed by atoms with van der Waals surface area (Å²) in [5, 5.41) is 7.52. The number of carbonyl (C=O) groups excluding carboxylic acids is 3. The van der Waals surface area contributed by atoms with Crippen molar-refractivity contribution in [1.29, 1.82) is 0 Å². The molecule has 5 N–H and O–H groups in total. The number of aliphatic imine (C=N–C) groups is 1. The van der Waals surface area contributed by atoms with E-state index in [9.17, 15) is 31.9 Å². The number of nitrogens with two attached hydrogens (primary N) is 1. The predicted octanol–water partition coefficient (Wildman–Crippen LogP) is 4.16. The molecule has 4 rings (SSSR count). The van der Waals surface area contributed by atoms with Crippen molar-refractivity contribution in [3.8, 4) is 16.9 Å². The number of fused-ring (bicyclic) bond motifs is 1. The fourth-order valence-corrected chi connectivity index (χ4v) is 6.75. The lowest BCUT2D eigenvalue weighted by Crippen LogP contribution is -2.34. The number of amides is 2. The van der Waals surface area contributed by atoms with Gasteiger partial charge in [0.1, 0.15) is 12.4 Å². The Labute approximate surface area is 451 Å². The van der Waals surface area contributed by atoms with Gasteiger partial charge in [-0.2, -0.15) is 8.78 Å². The van der Waals surface area contributed by atoms with Crippen molar-refractivity contribution in [3.05, 3.63) is 71.2 Å². The molecule has 434 valence electrons. The van der Waals surface area contributed by atoms with E-state index in [1.807, 2.05) is 32.0 Å². The first kappa shape index (κ1) is 64.7. The summed E-state index contributed by atoms with van der Waals surface area (Å²) in [4.78, 5) is 55.1. The molecular formula is C52H74F4N7O15+. The van der Waals surface area contributed by atoms with Crippen molar-refractivity contribution < 1.29 is 93.9 Å². The number of pyridine rings is 2. The number of ether oxygens (including phenoxy) is 11. The van der Waals surface area contributed by atoms with Gasteiger partial charge in [-0.05, 0) is 37.1 Å². The Balaban J connectivity index is 0.853. The lowest BCUT2D eigenvalue weighted by molar-refractivity contribution is -0.361. The van der Waals surface area contributed by atoms with Gasteiger partial charge in [-0.25, -0.2) is 23.8 Å². The van der Waals surface area contributed by atoms with Crippen LogP contribution in [-0.2, 0) is 66.6 Å². The molecule has 1 aromatic carbocycles. The van der Waals surface area contributed by atoms with Crippen LogP contribution in [0.25, 0.3) is 17.2 Å². The number of halogens is 4. The average Bonchev–Trinajstić information content (AvgIpc) is 3.65. The molecule has 0 fully saturated rings. The lowest BCUT2D eigenvalue weighted by Gasteiger charge is -2.21. The summed E-state index contributed by atoms with van der Waals surface area (Å²) in [6.45, 7) is 12.1. The first-order chi connectivity index (χ1) is 38.0. The molecule has 3 aromatic rings. The van der Waals surface area contributed by atoms with Crippen LogP contribution in [0, 0.1) is 23.3 Å². The minimum Gasteiger partial charge on any atom is -0.420 e. The fourth-order valence-electron chi connectivity index (χ4n) is 6.75. The minimum absolute atomic E-state index is 0.0141. The number of aromatic amines is 1. The number of benzene rings is 1. The number of hydrogen-bond donors (Lipinski definition) is 3. The van der Waals surface area contributed by atoms with Crippen LogP contribution in [0.15, 0.2) is 47.2 Å². The zero-order valence-electron chi connectivity index (χ0n) is 44.4. The molecule has 0 unspecified atom stereocenters. The summed E-state index contributed by atoms with van der Waals surface area (Å²) in [6, 6.07) is 5.75. The second kappa shape index (κ2) is 39.6. The Morgan fingerprint density at radius 3 is 1.65 bits per heavy atom. The zero-order chi connectivity index (χ0) is 56.0. The Hall–Kier alpha value is -5.78. The highest BCUT2D eigenvalue weighted by molar-refractivity contribution is 6.05. The van der Waals surface area contributed by atoms with Gasteiger partial charge in [-0.3, -0.25) is 29.5 Å². The van der Waals surface area contributed by atoms with E-state index < -0.39 is 41.4 Å². The molecule has 0 bridgehead atoms. The number of esters is 1. The number of hydroxylamine groups is 2.